The van der Waals surface area contributed by atoms with Gasteiger partial charge in [0.2, 0.25) is 0 Å². The van der Waals surface area contributed by atoms with Crippen LogP contribution in [0.2, 0.25) is 0 Å². The van der Waals surface area contributed by atoms with E-state index in [0.717, 1.165) is 24.0 Å². The molecule has 17 heavy (non-hydrogen) atoms. The lowest BCUT2D eigenvalue weighted by atomic mass is 9.97. The average Bonchev–Trinajstić information content (AvgIpc) is 2.78. The van der Waals surface area contributed by atoms with Crippen LogP contribution in [0.5, 0.6) is 0 Å². The number of rotatable bonds is 4. The van der Waals surface area contributed by atoms with Crippen LogP contribution in [0.1, 0.15) is 29.2 Å². The van der Waals surface area contributed by atoms with E-state index in [2.05, 4.69) is 16.8 Å². The van der Waals surface area contributed by atoms with Gasteiger partial charge in [0.15, 0.2) is 0 Å². The monoisotopic (exact) mass is 249 g/mol. The Kier molecular flexibility index (Phi) is 3.92. The molecule has 0 bridgehead atoms. The first-order valence-electron chi connectivity index (χ1n) is 5.69. The molecule has 1 heterocycles. The van der Waals surface area contributed by atoms with Crippen molar-refractivity contribution in [3.05, 3.63) is 57.5 Å². The van der Waals surface area contributed by atoms with Gasteiger partial charge in [-0.25, -0.2) is 4.39 Å². The quantitative estimate of drug-likeness (QED) is 0.875. The summed E-state index contributed by atoms with van der Waals surface area (Å²) in [6.45, 7) is 1.91. The first-order chi connectivity index (χ1) is 8.16. The molecule has 1 aromatic heterocycles. The van der Waals surface area contributed by atoms with Crippen molar-refractivity contribution in [2.75, 3.05) is 0 Å². The second kappa shape index (κ2) is 5.43. The molecule has 0 radical (unpaired) electrons. The Labute approximate surface area is 105 Å². The summed E-state index contributed by atoms with van der Waals surface area (Å²) < 4.78 is 13.0. The Balaban J connectivity index is 2.01. The predicted octanol–water partition coefficient (Wildman–Crippen LogP) is 3.83. The minimum atomic E-state index is -0.198. The van der Waals surface area contributed by atoms with Crippen molar-refractivity contribution < 1.29 is 4.39 Å². The number of thiophene rings is 1. The normalized spacial score (nSPS) is 12.6. The second-order valence-corrected chi connectivity index (χ2v) is 5.06. The number of halogens is 1. The molecule has 2 rings (SSSR count). The first kappa shape index (κ1) is 12.3. The number of nitrogens with two attached hydrogens (primary N) is 1. The Bertz CT molecular complexity index is 479. The van der Waals surface area contributed by atoms with Gasteiger partial charge in [0.1, 0.15) is 5.82 Å². The summed E-state index contributed by atoms with van der Waals surface area (Å²) in [6.07, 6.45) is 1.87. The molecule has 0 fully saturated rings. The van der Waals surface area contributed by atoms with E-state index < -0.39 is 0 Å². The third-order valence-corrected chi connectivity index (χ3v) is 3.69. The maximum Gasteiger partial charge on any atom is 0.123 e. The van der Waals surface area contributed by atoms with Crippen LogP contribution in [0.25, 0.3) is 0 Å². The van der Waals surface area contributed by atoms with Crippen LogP contribution in [0.3, 0.4) is 0 Å². The van der Waals surface area contributed by atoms with Crippen molar-refractivity contribution in [1.82, 2.24) is 0 Å². The predicted molar refractivity (Wildman–Crippen MR) is 70.7 cm³/mol. The Morgan fingerprint density at radius 3 is 2.82 bits per heavy atom. The van der Waals surface area contributed by atoms with Gasteiger partial charge in [0, 0.05) is 6.04 Å². The maximum absolute atomic E-state index is 13.0. The van der Waals surface area contributed by atoms with Crippen LogP contribution in [-0.4, -0.2) is 0 Å². The van der Waals surface area contributed by atoms with Crippen molar-refractivity contribution in [3.8, 4) is 0 Å². The van der Waals surface area contributed by atoms with Gasteiger partial charge < -0.3 is 5.73 Å². The SMILES string of the molecule is Cc1cc(F)ccc1C(N)CCc1ccsc1. The summed E-state index contributed by atoms with van der Waals surface area (Å²) in [6, 6.07) is 6.92. The molecule has 0 aliphatic rings. The summed E-state index contributed by atoms with van der Waals surface area (Å²) in [5, 5.41) is 4.22. The first-order valence-corrected chi connectivity index (χ1v) is 6.64. The second-order valence-electron chi connectivity index (χ2n) is 4.28. The van der Waals surface area contributed by atoms with E-state index in [1.165, 1.54) is 11.6 Å². The van der Waals surface area contributed by atoms with Crippen molar-refractivity contribution in [2.45, 2.75) is 25.8 Å². The molecule has 0 saturated heterocycles. The van der Waals surface area contributed by atoms with Crippen LogP contribution in [0.4, 0.5) is 4.39 Å². The van der Waals surface area contributed by atoms with E-state index in [1.807, 2.05) is 6.92 Å². The summed E-state index contributed by atoms with van der Waals surface area (Å²) in [5.74, 6) is -0.198. The molecule has 1 unspecified atom stereocenters. The zero-order valence-electron chi connectivity index (χ0n) is 9.82. The Hall–Kier alpha value is -1.19. The summed E-state index contributed by atoms with van der Waals surface area (Å²) in [7, 11) is 0. The fraction of sp³-hybridized carbons (Fsp3) is 0.286. The lowest BCUT2D eigenvalue weighted by molar-refractivity contribution is 0.616. The van der Waals surface area contributed by atoms with Gasteiger partial charge >= 0.3 is 0 Å². The van der Waals surface area contributed by atoms with Crippen LogP contribution < -0.4 is 5.73 Å². The molecular weight excluding hydrogens is 233 g/mol. The molecule has 2 aromatic rings. The van der Waals surface area contributed by atoms with Crippen molar-refractivity contribution in [3.63, 3.8) is 0 Å². The average molecular weight is 249 g/mol. The minimum Gasteiger partial charge on any atom is -0.324 e. The number of hydrogen-bond acceptors (Lipinski definition) is 2. The van der Waals surface area contributed by atoms with Crippen molar-refractivity contribution in [1.29, 1.82) is 0 Å². The topological polar surface area (TPSA) is 26.0 Å². The van der Waals surface area contributed by atoms with Gasteiger partial charge in [-0.3, -0.25) is 0 Å². The highest BCUT2D eigenvalue weighted by molar-refractivity contribution is 7.07. The highest BCUT2D eigenvalue weighted by atomic mass is 32.1. The van der Waals surface area contributed by atoms with E-state index in [-0.39, 0.29) is 11.9 Å². The minimum absolute atomic E-state index is 0.0181. The highest BCUT2D eigenvalue weighted by Gasteiger charge is 2.09. The number of hydrogen-bond donors (Lipinski definition) is 1. The van der Waals surface area contributed by atoms with Crippen LogP contribution in [0.15, 0.2) is 35.0 Å². The smallest absolute Gasteiger partial charge is 0.123 e. The molecule has 0 amide bonds. The molecule has 0 saturated carbocycles. The van der Waals surface area contributed by atoms with Crippen molar-refractivity contribution >= 4 is 11.3 Å². The third kappa shape index (κ3) is 3.14. The summed E-state index contributed by atoms with van der Waals surface area (Å²) >= 11 is 1.70. The molecule has 3 heteroatoms. The summed E-state index contributed by atoms with van der Waals surface area (Å²) in [4.78, 5) is 0. The van der Waals surface area contributed by atoms with Gasteiger partial charge in [-0.2, -0.15) is 11.3 Å². The van der Waals surface area contributed by atoms with Gasteiger partial charge in [-0.1, -0.05) is 6.07 Å². The van der Waals surface area contributed by atoms with E-state index in [9.17, 15) is 4.39 Å². The Morgan fingerprint density at radius 1 is 1.35 bits per heavy atom. The van der Waals surface area contributed by atoms with E-state index in [4.69, 9.17) is 5.73 Å². The zero-order chi connectivity index (χ0) is 12.3. The molecule has 0 spiro atoms. The molecule has 0 aliphatic heterocycles. The summed E-state index contributed by atoms with van der Waals surface area (Å²) in [5.41, 5.74) is 9.44. The fourth-order valence-electron chi connectivity index (χ4n) is 1.97. The van der Waals surface area contributed by atoms with Crippen molar-refractivity contribution in [2.24, 2.45) is 5.73 Å². The van der Waals surface area contributed by atoms with Gasteiger partial charge in [0.05, 0.1) is 0 Å². The third-order valence-electron chi connectivity index (χ3n) is 2.96. The van der Waals surface area contributed by atoms with Gasteiger partial charge in [-0.15, -0.1) is 0 Å². The largest absolute Gasteiger partial charge is 0.324 e. The molecule has 1 nitrogen and oxygen atoms in total. The number of aryl methyl sites for hydroxylation is 2. The van der Waals surface area contributed by atoms with Gasteiger partial charge in [-0.05, 0) is 65.4 Å². The van der Waals surface area contributed by atoms with E-state index in [0.29, 0.717) is 0 Å². The standard InChI is InChI=1S/C14H16FNS/c1-10-8-12(15)3-4-13(10)14(16)5-2-11-6-7-17-9-11/h3-4,6-9,14H,2,5,16H2,1H3. The fourth-order valence-corrected chi connectivity index (χ4v) is 2.67. The van der Waals surface area contributed by atoms with E-state index in [1.54, 1.807) is 23.5 Å². The zero-order valence-corrected chi connectivity index (χ0v) is 10.6. The maximum atomic E-state index is 13.0. The molecule has 2 N–H and O–H groups in total. The molecule has 90 valence electrons. The lowest BCUT2D eigenvalue weighted by Gasteiger charge is -2.14. The van der Waals surface area contributed by atoms with Gasteiger partial charge in [0.25, 0.3) is 0 Å². The molecule has 0 aliphatic carbocycles. The number of benzene rings is 1. The highest BCUT2D eigenvalue weighted by Crippen LogP contribution is 2.21. The molecule has 1 aromatic carbocycles. The van der Waals surface area contributed by atoms with Crippen LogP contribution >= 0.6 is 11.3 Å². The van der Waals surface area contributed by atoms with Crippen LogP contribution in [-0.2, 0) is 6.42 Å². The van der Waals surface area contributed by atoms with Crippen LogP contribution in [0, 0.1) is 12.7 Å². The lowest BCUT2D eigenvalue weighted by Crippen LogP contribution is -2.12. The Morgan fingerprint density at radius 2 is 2.18 bits per heavy atom. The molecular formula is C14H16FNS. The molecule has 1 atom stereocenters. The van der Waals surface area contributed by atoms with E-state index >= 15 is 0 Å².